The standard InChI is InChI=1S/C20H20ClN3O2/c1-4-14-7-5-6-13(2)19(14)24-20(25)15(11-22)12-23-16-8-9-18(26-3)17(21)10-16/h5-10,12,23H,4H2,1-3H3,(H,24,25)/b15-12-. The van der Waals surface area contributed by atoms with E-state index in [0.717, 1.165) is 23.2 Å². The van der Waals surface area contributed by atoms with Crippen molar-refractivity contribution in [2.45, 2.75) is 20.3 Å². The number of nitrogens with one attached hydrogen (secondary N) is 2. The Balaban J connectivity index is 2.18. The predicted octanol–water partition coefficient (Wildman–Crippen LogP) is 4.68. The second-order valence-corrected chi connectivity index (χ2v) is 5.99. The molecule has 0 radical (unpaired) electrons. The van der Waals surface area contributed by atoms with Crippen LogP contribution in [0.4, 0.5) is 11.4 Å². The zero-order valence-electron chi connectivity index (χ0n) is 14.9. The predicted molar refractivity (Wildman–Crippen MR) is 105 cm³/mol. The molecule has 26 heavy (non-hydrogen) atoms. The van der Waals surface area contributed by atoms with E-state index in [1.54, 1.807) is 18.2 Å². The van der Waals surface area contributed by atoms with Crippen molar-refractivity contribution in [3.63, 3.8) is 0 Å². The quantitative estimate of drug-likeness (QED) is 0.572. The lowest BCUT2D eigenvalue weighted by Crippen LogP contribution is -2.16. The Morgan fingerprint density at radius 3 is 2.73 bits per heavy atom. The van der Waals surface area contributed by atoms with Gasteiger partial charge in [0, 0.05) is 17.6 Å². The molecule has 134 valence electrons. The molecule has 2 aromatic carbocycles. The molecular weight excluding hydrogens is 350 g/mol. The Kier molecular flexibility index (Phi) is 6.65. The number of nitriles is 1. The first-order chi connectivity index (χ1) is 12.5. The van der Waals surface area contributed by atoms with Gasteiger partial charge in [0.1, 0.15) is 17.4 Å². The Morgan fingerprint density at radius 2 is 2.12 bits per heavy atom. The summed E-state index contributed by atoms with van der Waals surface area (Å²) < 4.78 is 5.09. The first kappa shape index (κ1) is 19.4. The first-order valence-electron chi connectivity index (χ1n) is 8.10. The molecule has 1 amide bonds. The Hall–Kier alpha value is -2.97. The van der Waals surface area contributed by atoms with Gasteiger partial charge in [0.05, 0.1) is 12.1 Å². The maximum Gasteiger partial charge on any atom is 0.267 e. The monoisotopic (exact) mass is 369 g/mol. The van der Waals surface area contributed by atoms with E-state index in [1.807, 2.05) is 38.1 Å². The summed E-state index contributed by atoms with van der Waals surface area (Å²) in [5.74, 6) is 0.0784. The molecule has 0 saturated carbocycles. The molecule has 5 nitrogen and oxygen atoms in total. The number of para-hydroxylation sites is 1. The number of rotatable bonds is 6. The first-order valence-corrected chi connectivity index (χ1v) is 8.48. The lowest BCUT2D eigenvalue weighted by Gasteiger charge is -2.12. The molecule has 2 rings (SSSR count). The van der Waals surface area contributed by atoms with Gasteiger partial charge in [0.15, 0.2) is 0 Å². The van der Waals surface area contributed by atoms with E-state index in [-0.39, 0.29) is 5.57 Å². The van der Waals surface area contributed by atoms with Gasteiger partial charge in [0.2, 0.25) is 0 Å². The average molecular weight is 370 g/mol. The van der Waals surface area contributed by atoms with E-state index < -0.39 is 5.91 Å². The van der Waals surface area contributed by atoms with Crippen LogP contribution < -0.4 is 15.4 Å². The zero-order valence-corrected chi connectivity index (χ0v) is 15.6. The van der Waals surface area contributed by atoms with Crippen molar-refractivity contribution in [1.29, 1.82) is 5.26 Å². The molecule has 2 N–H and O–H groups in total. The molecule has 0 atom stereocenters. The van der Waals surface area contributed by atoms with Gasteiger partial charge in [-0.25, -0.2) is 0 Å². The number of carbonyl (C=O) groups excluding carboxylic acids is 1. The smallest absolute Gasteiger partial charge is 0.267 e. The van der Waals surface area contributed by atoms with Crippen LogP contribution in [0.25, 0.3) is 0 Å². The Morgan fingerprint density at radius 1 is 1.35 bits per heavy atom. The summed E-state index contributed by atoms with van der Waals surface area (Å²) in [4.78, 5) is 12.5. The minimum Gasteiger partial charge on any atom is -0.495 e. The molecule has 0 saturated heterocycles. The lowest BCUT2D eigenvalue weighted by atomic mass is 10.1. The second kappa shape index (κ2) is 8.93. The number of aryl methyl sites for hydroxylation is 2. The van der Waals surface area contributed by atoms with Crippen molar-refractivity contribution < 1.29 is 9.53 Å². The van der Waals surface area contributed by atoms with Crippen molar-refractivity contribution >= 4 is 28.9 Å². The highest BCUT2D eigenvalue weighted by Crippen LogP contribution is 2.27. The number of halogens is 1. The number of hydrogen-bond acceptors (Lipinski definition) is 4. The third-order valence-corrected chi connectivity index (χ3v) is 4.17. The van der Waals surface area contributed by atoms with Gasteiger partial charge in [0.25, 0.3) is 5.91 Å². The summed E-state index contributed by atoms with van der Waals surface area (Å²) in [7, 11) is 1.53. The minimum atomic E-state index is -0.469. The molecule has 0 bridgehead atoms. The normalized spacial score (nSPS) is 10.8. The number of hydrogen-bond donors (Lipinski definition) is 2. The number of methoxy groups -OCH3 is 1. The van der Waals surface area contributed by atoms with Gasteiger partial charge in [-0.1, -0.05) is 36.7 Å². The van der Waals surface area contributed by atoms with E-state index in [0.29, 0.717) is 16.5 Å². The third kappa shape index (κ3) is 4.56. The fourth-order valence-electron chi connectivity index (χ4n) is 2.44. The molecule has 0 aliphatic rings. The van der Waals surface area contributed by atoms with Crippen molar-refractivity contribution in [3.05, 3.63) is 64.3 Å². The maximum atomic E-state index is 12.5. The highest BCUT2D eigenvalue weighted by Gasteiger charge is 2.13. The Bertz CT molecular complexity index is 885. The van der Waals surface area contributed by atoms with E-state index in [1.165, 1.54) is 13.3 Å². The van der Waals surface area contributed by atoms with E-state index in [2.05, 4.69) is 10.6 Å². The number of carbonyl (C=O) groups is 1. The number of nitrogens with zero attached hydrogens (tertiary/aromatic N) is 1. The average Bonchev–Trinajstić information content (AvgIpc) is 2.64. The second-order valence-electron chi connectivity index (χ2n) is 5.58. The van der Waals surface area contributed by atoms with Crippen molar-refractivity contribution in [3.8, 4) is 11.8 Å². The fourth-order valence-corrected chi connectivity index (χ4v) is 2.70. The zero-order chi connectivity index (χ0) is 19.1. The highest BCUT2D eigenvalue weighted by atomic mass is 35.5. The molecule has 0 unspecified atom stereocenters. The van der Waals surface area contributed by atoms with Crippen LogP contribution in [0.1, 0.15) is 18.1 Å². The molecule has 0 aliphatic carbocycles. The number of benzene rings is 2. The summed E-state index contributed by atoms with van der Waals surface area (Å²) in [5, 5.41) is 15.5. The van der Waals surface area contributed by atoms with Gasteiger partial charge in [-0.15, -0.1) is 0 Å². The van der Waals surface area contributed by atoms with Crippen LogP contribution in [-0.4, -0.2) is 13.0 Å². The van der Waals surface area contributed by atoms with E-state index >= 15 is 0 Å². The largest absolute Gasteiger partial charge is 0.495 e. The lowest BCUT2D eigenvalue weighted by molar-refractivity contribution is -0.112. The van der Waals surface area contributed by atoms with Crippen molar-refractivity contribution in [1.82, 2.24) is 0 Å². The summed E-state index contributed by atoms with van der Waals surface area (Å²) in [6.45, 7) is 3.93. The van der Waals surface area contributed by atoms with Gasteiger partial charge in [-0.2, -0.15) is 5.26 Å². The van der Waals surface area contributed by atoms with E-state index in [4.69, 9.17) is 16.3 Å². The summed E-state index contributed by atoms with van der Waals surface area (Å²) in [5.41, 5.74) is 3.31. The molecule has 6 heteroatoms. The molecule has 0 aliphatic heterocycles. The van der Waals surface area contributed by atoms with Crippen molar-refractivity contribution in [2.75, 3.05) is 17.7 Å². The molecule has 0 heterocycles. The molecular formula is C20H20ClN3O2. The summed E-state index contributed by atoms with van der Waals surface area (Å²) >= 11 is 6.07. The minimum absolute atomic E-state index is 0.0396. The van der Waals surface area contributed by atoms with Crippen LogP contribution in [0.5, 0.6) is 5.75 Å². The summed E-state index contributed by atoms with van der Waals surface area (Å²) in [6, 6.07) is 12.8. The SMILES string of the molecule is CCc1cccc(C)c1NC(=O)/C(C#N)=C\Nc1ccc(OC)c(Cl)c1. The van der Waals surface area contributed by atoms with Crippen LogP contribution >= 0.6 is 11.6 Å². The molecule has 0 aromatic heterocycles. The Labute approximate surface area is 158 Å². The van der Waals surface area contributed by atoms with Crippen LogP contribution in [0.3, 0.4) is 0 Å². The third-order valence-electron chi connectivity index (χ3n) is 3.88. The number of ether oxygens (including phenoxy) is 1. The van der Waals surface area contributed by atoms with E-state index in [9.17, 15) is 10.1 Å². The molecule has 0 fully saturated rings. The molecule has 0 spiro atoms. The van der Waals surface area contributed by atoms with Crippen LogP contribution in [-0.2, 0) is 11.2 Å². The fraction of sp³-hybridized carbons (Fsp3) is 0.200. The van der Waals surface area contributed by atoms with Crippen LogP contribution in [0.15, 0.2) is 48.2 Å². The van der Waals surface area contributed by atoms with Crippen LogP contribution in [0, 0.1) is 18.3 Å². The maximum absolute atomic E-state index is 12.5. The van der Waals surface area contributed by atoms with Crippen LogP contribution in [0.2, 0.25) is 5.02 Å². The number of anilines is 2. The molecule has 2 aromatic rings. The highest BCUT2D eigenvalue weighted by molar-refractivity contribution is 6.32. The van der Waals surface area contributed by atoms with Gasteiger partial charge >= 0.3 is 0 Å². The van der Waals surface area contributed by atoms with Gasteiger partial charge < -0.3 is 15.4 Å². The van der Waals surface area contributed by atoms with Crippen molar-refractivity contribution in [2.24, 2.45) is 0 Å². The topological polar surface area (TPSA) is 74.2 Å². The van der Waals surface area contributed by atoms with Gasteiger partial charge in [-0.05, 0) is 42.7 Å². The summed E-state index contributed by atoms with van der Waals surface area (Å²) in [6.07, 6.45) is 2.14. The number of amides is 1. The van der Waals surface area contributed by atoms with Gasteiger partial charge in [-0.3, -0.25) is 4.79 Å².